The Kier molecular flexibility index (Phi) is 14.4. The molecular weight excluding hydrogens is 817 g/mol. The zero-order chi connectivity index (χ0) is 45.1. The third-order valence-electron chi connectivity index (χ3n) is 12.2. The third-order valence-corrected chi connectivity index (χ3v) is 12.2. The van der Waals surface area contributed by atoms with E-state index in [1.807, 2.05) is 103 Å². The average molecular weight is 873 g/mol. The number of anilines is 1. The van der Waals surface area contributed by atoms with Gasteiger partial charge in [0.15, 0.2) is 0 Å². The molecule has 0 saturated carbocycles. The number of hydrogen-bond acceptors (Lipinski definition) is 10. The van der Waals surface area contributed by atoms with E-state index in [0.29, 0.717) is 23.9 Å². The van der Waals surface area contributed by atoms with E-state index in [1.54, 1.807) is 33.6 Å². The zero-order valence-corrected chi connectivity index (χ0v) is 37.0. The molecule has 1 aromatic heterocycles. The van der Waals surface area contributed by atoms with Crippen LogP contribution < -0.4 is 30.5 Å². The highest BCUT2D eigenvalue weighted by Crippen LogP contribution is 2.43. The summed E-state index contributed by atoms with van der Waals surface area (Å²) in [7, 11) is 4.94. The van der Waals surface area contributed by atoms with Crippen molar-refractivity contribution >= 4 is 5.82 Å². The molecule has 7 aromatic rings. The van der Waals surface area contributed by atoms with Crippen LogP contribution >= 0.6 is 0 Å². The Morgan fingerprint density at radius 3 is 1.55 bits per heavy atom. The molecule has 1 aliphatic rings. The van der Waals surface area contributed by atoms with Gasteiger partial charge in [-0.2, -0.15) is 4.98 Å². The van der Waals surface area contributed by atoms with Crippen LogP contribution in [0.15, 0.2) is 181 Å². The topological polar surface area (TPSA) is 125 Å². The number of ether oxygens (including phenoxy) is 5. The molecular formula is C54H56N4O7. The molecule has 8 rings (SSSR count). The molecule has 3 atom stereocenters. The van der Waals surface area contributed by atoms with Crippen molar-refractivity contribution < 1.29 is 28.8 Å². The molecule has 1 aliphatic heterocycles. The fraction of sp³-hybridized carbons (Fsp3) is 0.259. The van der Waals surface area contributed by atoms with Crippen LogP contribution in [-0.4, -0.2) is 67.9 Å². The van der Waals surface area contributed by atoms with Crippen molar-refractivity contribution in [3.8, 4) is 17.2 Å². The van der Waals surface area contributed by atoms with Crippen molar-refractivity contribution in [2.24, 2.45) is 0 Å². The van der Waals surface area contributed by atoms with E-state index in [-0.39, 0.29) is 13.0 Å². The molecule has 0 aliphatic carbocycles. The minimum absolute atomic E-state index is 0.0270. The highest BCUT2D eigenvalue weighted by molar-refractivity contribution is 5.52. The number of aliphatic hydroxyl groups is 1. The largest absolute Gasteiger partial charge is 0.497 e. The van der Waals surface area contributed by atoms with E-state index >= 15 is 0 Å². The first-order valence-electron chi connectivity index (χ1n) is 22.0. The summed E-state index contributed by atoms with van der Waals surface area (Å²) in [5.41, 5.74) is 3.84. The van der Waals surface area contributed by atoms with Crippen molar-refractivity contribution in [3.63, 3.8) is 0 Å². The highest BCUT2D eigenvalue weighted by atomic mass is 16.6. The third kappa shape index (κ3) is 9.69. The summed E-state index contributed by atoms with van der Waals surface area (Å²) in [6, 6.07) is 56.5. The van der Waals surface area contributed by atoms with Crippen molar-refractivity contribution in [2.45, 2.75) is 48.8 Å². The zero-order valence-electron chi connectivity index (χ0n) is 37.0. The Morgan fingerprint density at radius 2 is 1.06 bits per heavy atom. The molecule has 0 unspecified atom stereocenters. The first-order valence-corrected chi connectivity index (χ1v) is 22.0. The maximum Gasteiger partial charge on any atom is 0.351 e. The second-order valence-electron chi connectivity index (χ2n) is 16.0. The van der Waals surface area contributed by atoms with E-state index in [2.05, 4.69) is 76.3 Å². The number of aromatic nitrogens is 2. The molecule has 0 amide bonds. The molecule has 3 N–H and O–H groups in total. The Hall–Kier alpha value is -6.76. The summed E-state index contributed by atoms with van der Waals surface area (Å²) in [5.74, 6) is 2.71. The second-order valence-corrected chi connectivity index (χ2v) is 16.0. The minimum atomic E-state index is -1.09. The van der Waals surface area contributed by atoms with Gasteiger partial charge in [-0.3, -0.25) is 9.88 Å². The second kappa shape index (κ2) is 20.8. The van der Waals surface area contributed by atoms with Crippen molar-refractivity contribution in [3.05, 3.63) is 220 Å². The van der Waals surface area contributed by atoms with Crippen LogP contribution in [0, 0.1) is 0 Å². The van der Waals surface area contributed by atoms with E-state index in [4.69, 9.17) is 23.7 Å². The fourth-order valence-corrected chi connectivity index (χ4v) is 8.81. The first-order chi connectivity index (χ1) is 31.9. The predicted molar refractivity (Wildman–Crippen MR) is 253 cm³/mol. The number of methoxy groups -OCH3 is 3. The number of benzene rings is 6. The van der Waals surface area contributed by atoms with Crippen LogP contribution in [0.1, 0.15) is 58.9 Å². The SMILES string of the molecule is COc1ccc(C(NCCCCNc2ccn([C@H]3C[C@H](O)[C@@H](COC(c4ccccc4)(c4ccc(OC)cc4)c4ccc(OC)cc4)O3)c(=O)n2)(c2ccccc2)c2ccccc2)cc1. The molecule has 1 fully saturated rings. The molecule has 334 valence electrons. The van der Waals surface area contributed by atoms with Gasteiger partial charge in [0, 0.05) is 19.2 Å². The lowest BCUT2D eigenvalue weighted by molar-refractivity contribution is -0.0944. The summed E-state index contributed by atoms with van der Waals surface area (Å²) >= 11 is 0. The van der Waals surface area contributed by atoms with Crippen LogP contribution in [0.3, 0.4) is 0 Å². The summed E-state index contributed by atoms with van der Waals surface area (Å²) in [6.07, 6.45) is 1.20. The van der Waals surface area contributed by atoms with Gasteiger partial charge in [-0.1, -0.05) is 127 Å². The summed E-state index contributed by atoms with van der Waals surface area (Å²) in [5, 5.41) is 18.6. The standard InChI is InChI=1S/C54H56N4O7/c1-61-45-27-21-41(22-28-45)53(39-15-7-4-8-16-39,40-17-9-5-10-18-40)56-35-14-13-34-55-50-33-36-58(52(60)57-50)51-37-48(59)49(65-51)38-64-54(42-19-11-6-12-20-42,43-23-29-46(62-2)30-24-43)44-25-31-47(63-3)32-26-44/h4-12,15-33,36,48-49,51,56,59H,13-14,34-35,37-38H2,1-3H3,(H,55,57,60)/t48-,49+,51+/m0/s1. The number of unbranched alkanes of at least 4 members (excludes halogenated alkanes) is 1. The summed E-state index contributed by atoms with van der Waals surface area (Å²) < 4.78 is 31.3. The maximum absolute atomic E-state index is 13.5. The van der Waals surface area contributed by atoms with Crippen LogP contribution in [-0.2, 0) is 20.6 Å². The lowest BCUT2D eigenvalue weighted by atomic mass is 9.77. The summed E-state index contributed by atoms with van der Waals surface area (Å²) in [4.78, 5) is 17.8. The Bertz CT molecular complexity index is 2520. The lowest BCUT2D eigenvalue weighted by Crippen LogP contribution is -2.45. The van der Waals surface area contributed by atoms with E-state index < -0.39 is 35.3 Å². The van der Waals surface area contributed by atoms with Gasteiger partial charge >= 0.3 is 5.69 Å². The molecule has 0 radical (unpaired) electrons. The van der Waals surface area contributed by atoms with Crippen molar-refractivity contribution in [1.29, 1.82) is 0 Å². The molecule has 0 bridgehead atoms. The van der Waals surface area contributed by atoms with E-state index in [0.717, 1.165) is 58.5 Å². The van der Waals surface area contributed by atoms with Gasteiger partial charge in [0.25, 0.3) is 0 Å². The molecule has 2 heterocycles. The molecule has 0 spiro atoms. The smallest absolute Gasteiger partial charge is 0.351 e. The molecule has 65 heavy (non-hydrogen) atoms. The van der Waals surface area contributed by atoms with Gasteiger partial charge < -0.3 is 34.1 Å². The van der Waals surface area contributed by atoms with Gasteiger partial charge in [-0.05, 0) is 95.2 Å². The van der Waals surface area contributed by atoms with E-state index in [1.165, 1.54) is 4.57 Å². The van der Waals surface area contributed by atoms with Gasteiger partial charge in [-0.15, -0.1) is 0 Å². The number of nitrogens with one attached hydrogen (secondary N) is 2. The minimum Gasteiger partial charge on any atom is -0.497 e. The van der Waals surface area contributed by atoms with Crippen LogP contribution in [0.4, 0.5) is 5.82 Å². The molecule has 6 aromatic carbocycles. The monoisotopic (exact) mass is 872 g/mol. The van der Waals surface area contributed by atoms with Gasteiger partial charge in [-0.25, -0.2) is 4.79 Å². The van der Waals surface area contributed by atoms with Crippen LogP contribution in [0.25, 0.3) is 0 Å². The number of nitrogens with zero attached hydrogens (tertiary/aromatic N) is 2. The number of hydrogen-bond donors (Lipinski definition) is 3. The molecule has 1 saturated heterocycles. The number of aliphatic hydroxyl groups excluding tert-OH is 1. The maximum atomic E-state index is 13.5. The molecule has 11 nitrogen and oxygen atoms in total. The fourth-order valence-electron chi connectivity index (χ4n) is 8.81. The van der Waals surface area contributed by atoms with Crippen molar-refractivity contribution in [1.82, 2.24) is 14.9 Å². The van der Waals surface area contributed by atoms with Crippen LogP contribution in [0.5, 0.6) is 17.2 Å². The van der Waals surface area contributed by atoms with Gasteiger partial charge in [0.2, 0.25) is 0 Å². The average Bonchev–Trinajstić information content (AvgIpc) is 3.74. The quantitative estimate of drug-likeness (QED) is 0.0506. The Labute approximate surface area is 380 Å². The van der Waals surface area contributed by atoms with Gasteiger partial charge in [0.05, 0.1) is 39.6 Å². The van der Waals surface area contributed by atoms with Crippen LogP contribution in [0.2, 0.25) is 0 Å². The Balaban J connectivity index is 0.921. The van der Waals surface area contributed by atoms with E-state index in [9.17, 15) is 9.90 Å². The number of rotatable bonds is 20. The van der Waals surface area contributed by atoms with Gasteiger partial charge in [0.1, 0.15) is 41.0 Å². The highest BCUT2D eigenvalue weighted by Gasteiger charge is 2.42. The predicted octanol–water partition coefficient (Wildman–Crippen LogP) is 8.70. The van der Waals surface area contributed by atoms with Crippen molar-refractivity contribution in [2.75, 3.05) is 46.3 Å². The lowest BCUT2D eigenvalue weighted by Gasteiger charge is -2.37. The Morgan fingerprint density at radius 1 is 0.615 bits per heavy atom. The summed E-state index contributed by atoms with van der Waals surface area (Å²) in [6.45, 7) is 1.37. The first kappa shape index (κ1) is 44.8. The molecule has 11 heteroatoms. The normalized spacial score (nSPS) is 16.2.